The molecule has 1 aliphatic heterocycles. The number of aromatic nitrogens is 2. The fraction of sp³-hybridized carbons (Fsp3) is 0.412. The van der Waals surface area contributed by atoms with E-state index in [2.05, 4.69) is 20.2 Å². The van der Waals surface area contributed by atoms with Crippen LogP contribution in [-0.4, -0.2) is 47.5 Å². The number of aromatic amines is 1. The van der Waals surface area contributed by atoms with Gasteiger partial charge in [-0.3, -0.25) is 9.69 Å². The first kappa shape index (κ1) is 16.8. The van der Waals surface area contributed by atoms with Crippen LogP contribution >= 0.6 is 11.6 Å². The average Bonchev–Trinajstić information content (AvgIpc) is 3.10. The summed E-state index contributed by atoms with van der Waals surface area (Å²) in [6.45, 7) is 2.12. The van der Waals surface area contributed by atoms with Crippen molar-refractivity contribution >= 4 is 23.2 Å². The SMILES string of the molecule is COc1ccc(NC(=O)CN2CCC[C@@H](c3ncc[nH]3)C2)cc1Cl. The van der Waals surface area contributed by atoms with E-state index in [1.54, 1.807) is 31.5 Å². The number of H-pyrrole nitrogens is 1. The number of hydrogen-bond acceptors (Lipinski definition) is 4. The summed E-state index contributed by atoms with van der Waals surface area (Å²) in [6, 6.07) is 5.22. The molecule has 7 heteroatoms. The highest BCUT2D eigenvalue weighted by Gasteiger charge is 2.24. The molecule has 1 saturated heterocycles. The Morgan fingerprint density at radius 1 is 1.54 bits per heavy atom. The zero-order valence-electron chi connectivity index (χ0n) is 13.6. The summed E-state index contributed by atoms with van der Waals surface area (Å²) in [7, 11) is 1.56. The van der Waals surface area contributed by atoms with Crippen molar-refractivity contribution in [1.29, 1.82) is 0 Å². The van der Waals surface area contributed by atoms with Gasteiger partial charge in [0.2, 0.25) is 5.91 Å². The van der Waals surface area contributed by atoms with E-state index in [0.717, 1.165) is 31.8 Å². The molecule has 1 aromatic carbocycles. The summed E-state index contributed by atoms with van der Waals surface area (Å²) < 4.78 is 5.11. The molecular weight excluding hydrogens is 328 g/mol. The monoisotopic (exact) mass is 348 g/mol. The van der Waals surface area contributed by atoms with Crippen LogP contribution in [0.3, 0.4) is 0 Å². The van der Waals surface area contributed by atoms with E-state index in [1.807, 2.05) is 6.20 Å². The molecule has 3 rings (SSSR count). The van der Waals surface area contributed by atoms with Crippen molar-refractivity contribution in [3.8, 4) is 5.75 Å². The normalized spacial score (nSPS) is 18.3. The molecule has 1 amide bonds. The Balaban J connectivity index is 1.55. The Morgan fingerprint density at radius 3 is 3.12 bits per heavy atom. The molecule has 0 spiro atoms. The van der Waals surface area contributed by atoms with Crippen molar-refractivity contribution in [2.24, 2.45) is 0 Å². The van der Waals surface area contributed by atoms with Gasteiger partial charge in [-0.15, -0.1) is 0 Å². The van der Waals surface area contributed by atoms with Gasteiger partial charge in [0.1, 0.15) is 11.6 Å². The van der Waals surface area contributed by atoms with Crippen LogP contribution in [-0.2, 0) is 4.79 Å². The van der Waals surface area contributed by atoms with Gasteiger partial charge in [-0.25, -0.2) is 4.98 Å². The molecule has 2 N–H and O–H groups in total. The summed E-state index contributed by atoms with van der Waals surface area (Å²) in [5.41, 5.74) is 0.672. The van der Waals surface area contributed by atoms with Crippen LogP contribution in [0.25, 0.3) is 0 Å². The highest BCUT2D eigenvalue weighted by Crippen LogP contribution is 2.27. The van der Waals surface area contributed by atoms with Gasteiger partial charge in [-0.05, 0) is 37.6 Å². The number of imidazole rings is 1. The number of rotatable bonds is 5. The molecule has 1 fully saturated rings. The first-order valence-electron chi connectivity index (χ1n) is 8.00. The Labute approximate surface area is 146 Å². The van der Waals surface area contributed by atoms with Gasteiger partial charge in [-0.2, -0.15) is 0 Å². The number of ether oxygens (including phenoxy) is 1. The Bertz CT molecular complexity index is 690. The lowest BCUT2D eigenvalue weighted by molar-refractivity contribution is -0.117. The van der Waals surface area contributed by atoms with Gasteiger partial charge in [0.05, 0.1) is 18.7 Å². The minimum Gasteiger partial charge on any atom is -0.495 e. The molecule has 6 nitrogen and oxygen atoms in total. The van der Waals surface area contributed by atoms with Crippen molar-refractivity contribution in [2.75, 3.05) is 32.1 Å². The first-order valence-corrected chi connectivity index (χ1v) is 8.38. The number of piperidine rings is 1. The first-order chi connectivity index (χ1) is 11.7. The van der Waals surface area contributed by atoms with Gasteiger partial charge >= 0.3 is 0 Å². The molecular formula is C17H21ClN4O2. The molecule has 0 saturated carbocycles. The van der Waals surface area contributed by atoms with E-state index in [4.69, 9.17) is 16.3 Å². The third-order valence-corrected chi connectivity index (χ3v) is 4.51. The molecule has 0 bridgehead atoms. The quantitative estimate of drug-likeness (QED) is 0.871. The zero-order chi connectivity index (χ0) is 16.9. The summed E-state index contributed by atoms with van der Waals surface area (Å²) in [4.78, 5) is 22.0. The third-order valence-electron chi connectivity index (χ3n) is 4.21. The number of benzene rings is 1. The number of likely N-dealkylation sites (tertiary alicyclic amines) is 1. The van der Waals surface area contributed by atoms with E-state index in [9.17, 15) is 4.79 Å². The number of carbonyl (C=O) groups excluding carboxylic acids is 1. The summed E-state index contributed by atoms with van der Waals surface area (Å²) in [5.74, 6) is 1.90. The largest absolute Gasteiger partial charge is 0.495 e. The van der Waals surface area contributed by atoms with Gasteiger partial charge in [0.25, 0.3) is 0 Å². The second kappa shape index (κ2) is 7.68. The molecule has 0 unspecified atom stereocenters. The van der Waals surface area contributed by atoms with E-state index >= 15 is 0 Å². The van der Waals surface area contributed by atoms with E-state index < -0.39 is 0 Å². The summed E-state index contributed by atoms with van der Waals surface area (Å²) >= 11 is 6.08. The van der Waals surface area contributed by atoms with Crippen LogP contribution in [0.1, 0.15) is 24.6 Å². The van der Waals surface area contributed by atoms with Crippen LogP contribution in [0.15, 0.2) is 30.6 Å². The standard InChI is InChI=1S/C17H21ClN4O2/c1-24-15-5-4-13(9-14(15)18)21-16(23)11-22-8-2-3-12(10-22)17-19-6-7-20-17/h4-7,9,12H,2-3,8,10-11H2,1H3,(H,19,20)(H,21,23)/t12-/m1/s1. The number of methoxy groups -OCH3 is 1. The van der Waals surface area contributed by atoms with E-state index in [1.165, 1.54) is 0 Å². The molecule has 0 aliphatic carbocycles. The average molecular weight is 349 g/mol. The van der Waals surface area contributed by atoms with Gasteiger partial charge in [-0.1, -0.05) is 11.6 Å². The maximum absolute atomic E-state index is 12.3. The lowest BCUT2D eigenvalue weighted by atomic mass is 9.97. The number of amides is 1. The Hall–Kier alpha value is -2.05. The number of nitrogens with zero attached hydrogens (tertiary/aromatic N) is 2. The number of nitrogens with one attached hydrogen (secondary N) is 2. The fourth-order valence-electron chi connectivity index (χ4n) is 3.07. The maximum atomic E-state index is 12.3. The van der Waals surface area contributed by atoms with Crippen molar-refractivity contribution in [2.45, 2.75) is 18.8 Å². The molecule has 0 radical (unpaired) electrons. The number of hydrogen-bond donors (Lipinski definition) is 2. The fourth-order valence-corrected chi connectivity index (χ4v) is 3.33. The van der Waals surface area contributed by atoms with Crippen molar-refractivity contribution in [3.63, 3.8) is 0 Å². The number of anilines is 1. The Kier molecular flexibility index (Phi) is 5.37. The van der Waals surface area contributed by atoms with Crippen LogP contribution in [0.5, 0.6) is 5.75 Å². The topological polar surface area (TPSA) is 70.2 Å². The zero-order valence-corrected chi connectivity index (χ0v) is 14.3. The number of halogens is 1. The van der Waals surface area contributed by atoms with Crippen LogP contribution in [0.4, 0.5) is 5.69 Å². The van der Waals surface area contributed by atoms with Gasteiger partial charge < -0.3 is 15.0 Å². The third kappa shape index (κ3) is 4.07. The van der Waals surface area contributed by atoms with Crippen LogP contribution < -0.4 is 10.1 Å². The van der Waals surface area contributed by atoms with Gasteiger partial charge in [0.15, 0.2) is 0 Å². The molecule has 2 heterocycles. The van der Waals surface area contributed by atoms with Crippen molar-refractivity contribution < 1.29 is 9.53 Å². The van der Waals surface area contributed by atoms with Gasteiger partial charge in [0, 0.05) is 30.5 Å². The van der Waals surface area contributed by atoms with Crippen molar-refractivity contribution in [3.05, 3.63) is 41.4 Å². The van der Waals surface area contributed by atoms with Crippen LogP contribution in [0.2, 0.25) is 5.02 Å². The predicted octanol–water partition coefficient (Wildman–Crippen LogP) is 2.89. The Morgan fingerprint density at radius 2 is 2.42 bits per heavy atom. The molecule has 1 atom stereocenters. The lowest BCUT2D eigenvalue weighted by Gasteiger charge is -2.31. The molecule has 1 aliphatic rings. The lowest BCUT2D eigenvalue weighted by Crippen LogP contribution is -2.40. The van der Waals surface area contributed by atoms with E-state index in [-0.39, 0.29) is 5.91 Å². The smallest absolute Gasteiger partial charge is 0.238 e. The van der Waals surface area contributed by atoms with E-state index in [0.29, 0.717) is 28.9 Å². The molecule has 2 aromatic rings. The summed E-state index contributed by atoms with van der Waals surface area (Å²) in [5, 5.41) is 3.36. The highest BCUT2D eigenvalue weighted by molar-refractivity contribution is 6.32. The predicted molar refractivity (Wildman–Crippen MR) is 93.6 cm³/mol. The second-order valence-corrected chi connectivity index (χ2v) is 6.35. The molecule has 1 aromatic heterocycles. The van der Waals surface area contributed by atoms with Crippen molar-refractivity contribution in [1.82, 2.24) is 14.9 Å². The second-order valence-electron chi connectivity index (χ2n) is 5.95. The highest BCUT2D eigenvalue weighted by atomic mass is 35.5. The van der Waals surface area contributed by atoms with Crippen LogP contribution in [0, 0.1) is 0 Å². The molecule has 128 valence electrons. The number of carbonyl (C=O) groups is 1. The molecule has 24 heavy (non-hydrogen) atoms. The maximum Gasteiger partial charge on any atom is 0.238 e. The summed E-state index contributed by atoms with van der Waals surface area (Å²) in [6.07, 6.45) is 5.77. The minimum absolute atomic E-state index is 0.0451. The minimum atomic E-state index is -0.0451.